The largest absolute Gasteiger partial charge is 0.348 e. The Bertz CT molecular complexity index is 501. The van der Waals surface area contributed by atoms with Crippen LogP contribution in [0.4, 0.5) is 0 Å². The van der Waals surface area contributed by atoms with Crippen LogP contribution in [0.2, 0.25) is 0 Å². The zero-order valence-electron chi connectivity index (χ0n) is 11.5. The van der Waals surface area contributed by atoms with E-state index in [1.54, 1.807) is 0 Å². The van der Waals surface area contributed by atoms with E-state index in [0.29, 0.717) is 17.7 Å². The van der Waals surface area contributed by atoms with Crippen LogP contribution in [0.5, 0.6) is 0 Å². The minimum absolute atomic E-state index is 0.0515. The van der Waals surface area contributed by atoms with Gasteiger partial charge in [-0.25, -0.2) is 0 Å². The normalized spacial score (nSPS) is 38.4. The summed E-state index contributed by atoms with van der Waals surface area (Å²) in [6.45, 7) is 0. The fraction of sp³-hybridized carbons (Fsp3) is 0.588. The van der Waals surface area contributed by atoms with Gasteiger partial charge >= 0.3 is 0 Å². The summed E-state index contributed by atoms with van der Waals surface area (Å²) < 4.78 is 0. The molecule has 2 bridgehead atoms. The number of nitrogens with one attached hydrogen (secondary N) is 1. The van der Waals surface area contributed by atoms with Crippen molar-refractivity contribution in [3.05, 3.63) is 35.9 Å². The van der Waals surface area contributed by atoms with Gasteiger partial charge < -0.3 is 5.32 Å². The summed E-state index contributed by atoms with van der Waals surface area (Å²) in [6.07, 6.45) is 4.09. The van der Waals surface area contributed by atoms with E-state index >= 15 is 0 Å². The third-order valence-corrected chi connectivity index (χ3v) is 6.02. The quantitative estimate of drug-likeness (QED) is 0.846. The molecule has 0 spiro atoms. The Labute approximate surface area is 124 Å². The molecule has 4 rings (SSSR count). The van der Waals surface area contributed by atoms with Crippen LogP contribution in [-0.4, -0.2) is 11.8 Å². The Hall–Kier alpha value is -1.02. The van der Waals surface area contributed by atoms with Gasteiger partial charge in [0.25, 0.3) is 0 Å². The molecule has 3 heteroatoms. The molecule has 5 unspecified atom stereocenters. The van der Waals surface area contributed by atoms with Gasteiger partial charge in [0.05, 0.1) is 6.04 Å². The van der Waals surface area contributed by atoms with Gasteiger partial charge in [0.15, 0.2) is 0 Å². The number of hydrogen-bond acceptors (Lipinski definition) is 1. The monoisotopic (exact) mass is 289 g/mol. The van der Waals surface area contributed by atoms with E-state index in [0.717, 1.165) is 17.4 Å². The molecule has 20 heavy (non-hydrogen) atoms. The second-order valence-corrected chi connectivity index (χ2v) is 6.95. The van der Waals surface area contributed by atoms with Gasteiger partial charge in [-0.3, -0.25) is 4.79 Å². The number of fused-ring (bicyclic) bond motifs is 5. The molecular weight excluding hydrogens is 270 g/mol. The Balaban J connectivity index is 1.43. The lowest BCUT2D eigenvalue weighted by molar-refractivity contribution is -0.123. The molecule has 1 aromatic carbocycles. The van der Waals surface area contributed by atoms with Gasteiger partial charge in [-0.05, 0) is 48.5 Å². The van der Waals surface area contributed by atoms with Crippen molar-refractivity contribution in [2.75, 3.05) is 5.88 Å². The topological polar surface area (TPSA) is 29.1 Å². The first-order chi connectivity index (χ1) is 9.79. The Kier molecular flexibility index (Phi) is 3.03. The maximum atomic E-state index is 12.5. The van der Waals surface area contributed by atoms with Gasteiger partial charge in [0.1, 0.15) is 0 Å². The average Bonchev–Trinajstić information content (AvgIpc) is 2.94. The number of alkyl halides is 1. The van der Waals surface area contributed by atoms with E-state index in [9.17, 15) is 4.79 Å². The highest BCUT2D eigenvalue weighted by Crippen LogP contribution is 2.69. The van der Waals surface area contributed by atoms with E-state index in [1.807, 2.05) is 30.3 Å². The van der Waals surface area contributed by atoms with E-state index in [4.69, 9.17) is 11.6 Å². The second kappa shape index (κ2) is 4.77. The van der Waals surface area contributed by atoms with Crippen molar-refractivity contribution in [1.82, 2.24) is 5.32 Å². The minimum Gasteiger partial charge on any atom is -0.348 e. The molecule has 3 aliphatic rings. The van der Waals surface area contributed by atoms with Crippen molar-refractivity contribution < 1.29 is 4.79 Å². The van der Waals surface area contributed by atoms with E-state index in [1.165, 1.54) is 19.3 Å². The summed E-state index contributed by atoms with van der Waals surface area (Å²) in [4.78, 5) is 12.5. The highest BCUT2D eigenvalue weighted by Gasteiger charge is 2.67. The van der Waals surface area contributed by atoms with Crippen molar-refractivity contribution in [2.45, 2.75) is 25.3 Å². The molecule has 0 heterocycles. The fourth-order valence-electron chi connectivity index (χ4n) is 4.84. The van der Waals surface area contributed by atoms with Crippen LogP contribution >= 0.6 is 11.6 Å². The van der Waals surface area contributed by atoms with Crippen LogP contribution in [0.1, 0.15) is 30.9 Å². The standard InChI is InChI=1S/C17H20ClNO/c18-9-13(10-4-2-1-3-5-10)19-17(20)16-14-11-6-7-12(8-11)15(14)16/h1-5,11-16H,6-9H2,(H,19,20). The number of carbonyl (C=O) groups excluding carboxylic acids is 1. The maximum absolute atomic E-state index is 12.5. The predicted octanol–water partition coefficient (Wildman–Crippen LogP) is 3.37. The first-order valence-corrected chi connectivity index (χ1v) is 8.24. The summed E-state index contributed by atoms with van der Waals surface area (Å²) >= 11 is 6.05. The lowest BCUT2D eigenvalue weighted by atomic mass is 10.0. The first kappa shape index (κ1) is 12.7. The van der Waals surface area contributed by atoms with Crippen LogP contribution in [0.3, 0.4) is 0 Å². The van der Waals surface area contributed by atoms with Crippen molar-refractivity contribution in [2.24, 2.45) is 29.6 Å². The highest BCUT2D eigenvalue weighted by molar-refractivity contribution is 6.18. The van der Waals surface area contributed by atoms with Gasteiger partial charge in [-0.15, -0.1) is 11.6 Å². The van der Waals surface area contributed by atoms with Crippen molar-refractivity contribution in [1.29, 1.82) is 0 Å². The van der Waals surface area contributed by atoms with Crippen LogP contribution in [0.15, 0.2) is 30.3 Å². The second-order valence-electron chi connectivity index (χ2n) is 6.64. The summed E-state index contributed by atoms with van der Waals surface area (Å²) in [5, 5.41) is 3.17. The lowest BCUT2D eigenvalue weighted by Crippen LogP contribution is -2.32. The Morgan fingerprint density at radius 3 is 2.45 bits per heavy atom. The minimum atomic E-state index is -0.0515. The van der Waals surface area contributed by atoms with Gasteiger partial charge in [0.2, 0.25) is 5.91 Å². The van der Waals surface area contributed by atoms with Gasteiger partial charge in [0, 0.05) is 11.8 Å². The molecule has 0 radical (unpaired) electrons. The number of hydrogen-bond donors (Lipinski definition) is 1. The van der Waals surface area contributed by atoms with Gasteiger partial charge in [-0.1, -0.05) is 30.3 Å². The average molecular weight is 290 g/mol. The lowest BCUT2D eigenvalue weighted by Gasteiger charge is -2.18. The number of rotatable bonds is 4. The summed E-state index contributed by atoms with van der Waals surface area (Å²) in [5.74, 6) is 4.03. The molecule has 3 fully saturated rings. The van der Waals surface area contributed by atoms with Crippen molar-refractivity contribution >= 4 is 17.5 Å². The molecular formula is C17H20ClNO. The Morgan fingerprint density at radius 1 is 1.20 bits per heavy atom. The molecule has 0 aliphatic heterocycles. The van der Waals surface area contributed by atoms with Crippen molar-refractivity contribution in [3.63, 3.8) is 0 Å². The molecule has 1 aromatic rings. The van der Waals surface area contributed by atoms with Gasteiger partial charge in [-0.2, -0.15) is 0 Å². The van der Waals surface area contributed by atoms with Crippen LogP contribution in [0.25, 0.3) is 0 Å². The van der Waals surface area contributed by atoms with E-state index < -0.39 is 0 Å². The SMILES string of the molecule is O=C(NC(CCl)c1ccccc1)C1C2C3CCC(C3)C12. The zero-order chi connectivity index (χ0) is 13.7. The first-order valence-electron chi connectivity index (χ1n) is 7.71. The highest BCUT2D eigenvalue weighted by atomic mass is 35.5. The Morgan fingerprint density at radius 2 is 1.85 bits per heavy atom. The fourth-order valence-corrected chi connectivity index (χ4v) is 5.10. The molecule has 0 aromatic heterocycles. The maximum Gasteiger partial charge on any atom is 0.224 e. The van der Waals surface area contributed by atoms with Crippen molar-refractivity contribution in [3.8, 4) is 0 Å². The third kappa shape index (κ3) is 1.88. The number of halogens is 1. The zero-order valence-corrected chi connectivity index (χ0v) is 12.2. The van der Waals surface area contributed by atoms with Crippen LogP contribution in [-0.2, 0) is 4.79 Å². The summed E-state index contributed by atoms with van der Waals surface area (Å²) in [6, 6.07) is 9.99. The number of carbonyl (C=O) groups is 1. The molecule has 3 saturated carbocycles. The molecule has 5 atom stereocenters. The number of amides is 1. The molecule has 3 aliphatic carbocycles. The van der Waals surface area contributed by atoms with Crippen LogP contribution in [0, 0.1) is 29.6 Å². The third-order valence-electron chi connectivity index (χ3n) is 5.71. The molecule has 1 amide bonds. The molecule has 2 nitrogen and oxygen atoms in total. The molecule has 1 N–H and O–H groups in total. The number of benzene rings is 1. The summed E-state index contributed by atoms with van der Waals surface area (Å²) in [5.41, 5.74) is 1.10. The van der Waals surface area contributed by atoms with E-state index in [-0.39, 0.29) is 17.9 Å². The predicted molar refractivity (Wildman–Crippen MR) is 79.3 cm³/mol. The molecule has 0 saturated heterocycles. The van der Waals surface area contributed by atoms with E-state index in [2.05, 4.69) is 5.32 Å². The van der Waals surface area contributed by atoms with Crippen LogP contribution < -0.4 is 5.32 Å². The summed E-state index contributed by atoms with van der Waals surface area (Å²) in [7, 11) is 0. The smallest absolute Gasteiger partial charge is 0.224 e. The molecule has 106 valence electrons.